The van der Waals surface area contributed by atoms with E-state index in [0.717, 1.165) is 39.3 Å². The summed E-state index contributed by atoms with van der Waals surface area (Å²) in [6.07, 6.45) is 3.50. The molecule has 0 aliphatic heterocycles. The van der Waals surface area contributed by atoms with Gasteiger partial charge in [-0.05, 0) is 52.2 Å². The van der Waals surface area contributed by atoms with Crippen LogP contribution in [0, 0.1) is 6.92 Å². The summed E-state index contributed by atoms with van der Waals surface area (Å²) in [4.78, 5) is 8.88. The van der Waals surface area contributed by atoms with Crippen molar-refractivity contribution in [3.63, 3.8) is 0 Å². The van der Waals surface area contributed by atoms with E-state index in [1.54, 1.807) is 13.3 Å². The monoisotopic (exact) mass is 504 g/mol. The van der Waals surface area contributed by atoms with E-state index in [9.17, 15) is 0 Å². The number of hydrogen-bond acceptors (Lipinski definition) is 4. The summed E-state index contributed by atoms with van der Waals surface area (Å²) in [5.41, 5.74) is 10.6. The van der Waals surface area contributed by atoms with Crippen LogP contribution in [-0.2, 0) is 0 Å². The van der Waals surface area contributed by atoms with Gasteiger partial charge in [0, 0.05) is 39.5 Å². The minimum Gasteiger partial charge on any atom is -0.496 e. The van der Waals surface area contributed by atoms with Gasteiger partial charge in [0.25, 0.3) is 0 Å². The van der Waals surface area contributed by atoms with E-state index < -0.39 is 0 Å². The molecule has 1 atom stereocenters. The number of anilines is 1. The highest BCUT2D eigenvalue weighted by atomic mass is 79.9. The van der Waals surface area contributed by atoms with Gasteiger partial charge in [-0.2, -0.15) is 0 Å². The van der Waals surface area contributed by atoms with Gasteiger partial charge in [0.2, 0.25) is 0 Å². The molecule has 30 heavy (non-hydrogen) atoms. The van der Waals surface area contributed by atoms with Crippen molar-refractivity contribution in [2.24, 2.45) is 0 Å². The van der Waals surface area contributed by atoms with Crippen LogP contribution in [-0.4, -0.2) is 21.5 Å². The first kappa shape index (κ1) is 21.0. The molecule has 2 aromatic heterocycles. The predicted molar refractivity (Wildman–Crippen MR) is 126 cm³/mol. The molecule has 0 saturated heterocycles. The largest absolute Gasteiger partial charge is 0.496 e. The number of benzene rings is 2. The summed E-state index contributed by atoms with van der Waals surface area (Å²) in [5, 5.41) is 1.33. The van der Waals surface area contributed by atoms with Crippen LogP contribution in [0.4, 0.5) is 5.82 Å². The van der Waals surface area contributed by atoms with Gasteiger partial charge in [0.05, 0.1) is 7.11 Å². The summed E-state index contributed by atoms with van der Waals surface area (Å²) in [5.74, 6) is 1.82. The van der Waals surface area contributed by atoms with Crippen molar-refractivity contribution in [3.05, 3.63) is 74.3 Å². The molecule has 0 saturated carbocycles. The molecular weight excluding hydrogens is 487 g/mol. The fraction of sp³-hybridized carbons (Fsp3) is 0.182. The van der Waals surface area contributed by atoms with Crippen molar-refractivity contribution in [2.75, 3.05) is 12.8 Å². The Morgan fingerprint density at radius 2 is 1.90 bits per heavy atom. The number of halogens is 3. The first-order valence-corrected chi connectivity index (χ1v) is 10.8. The van der Waals surface area contributed by atoms with Gasteiger partial charge in [-0.1, -0.05) is 42.3 Å². The highest BCUT2D eigenvalue weighted by molar-refractivity contribution is 9.10. The second kappa shape index (κ2) is 8.10. The number of aromatic nitrogens is 3. The predicted octanol–water partition coefficient (Wildman–Crippen LogP) is 6.52. The van der Waals surface area contributed by atoms with Crippen LogP contribution in [0.1, 0.15) is 29.8 Å². The zero-order valence-corrected chi connectivity index (χ0v) is 19.7. The van der Waals surface area contributed by atoms with Gasteiger partial charge in [0.1, 0.15) is 21.7 Å². The third kappa shape index (κ3) is 3.43. The Kier molecular flexibility index (Phi) is 5.66. The van der Waals surface area contributed by atoms with E-state index >= 15 is 0 Å². The fourth-order valence-corrected chi connectivity index (χ4v) is 4.65. The van der Waals surface area contributed by atoms with Crippen molar-refractivity contribution in [1.82, 2.24) is 14.4 Å². The Morgan fingerprint density at radius 1 is 1.20 bits per heavy atom. The van der Waals surface area contributed by atoms with Gasteiger partial charge in [0.15, 0.2) is 5.82 Å². The summed E-state index contributed by atoms with van der Waals surface area (Å²) in [7, 11) is 1.67. The van der Waals surface area contributed by atoms with Crippen LogP contribution >= 0.6 is 39.1 Å². The maximum absolute atomic E-state index is 6.66. The lowest BCUT2D eigenvalue weighted by atomic mass is 9.91. The van der Waals surface area contributed by atoms with E-state index in [0.29, 0.717) is 20.5 Å². The molecule has 0 bridgehead atoms. The molecule has 2 N–H and O–H groups in total. The Morgan fingerprint density at radius 3 is 2.57 bits per heavy atom. The van der Waals surface area contributed by atoms with E-state index in [-0.39, 0.29) is 5.92 Å². The molecule has 0 fully saturated rings. The molecule has 0 aliphatic carbocycles. The Bertz CT molecular complexity index is 1250. The molecular formula is C22H19BrCl2N4O. The number of nitrogen functional groups attached to an aromatic ring is 1. The molecule has 4 rings (SSSR count). The second-order valence-electron chi connectivity index (χ2n) is 7.00. The van der Waals surface area contributed by atoms with Crippen molar-refractivity contribution < 1.29 is 4.74 Å². The Balaban J connectivity index is 1.96. The average Bonchev–Trinajstić information content (AvgIpc) is 3.07. The normalized spacial score (nSPS) is 12.3. The topological polar surface area (TPSA) is 65.4 Å². The number of methoxy groups -OCH3 is 1. The van der Waals surface area contributed by atoms with Crippen molar-refractivity contribution in [3.8, 4) is 16.9 Å². The van der Waals surface area contributed by atoms with E-state index in [4.69, 9.17) is 38.7 Å². The van der Waals surface area contributed by atoms with Crippen molar-refractivity contribution >= 4 is 50.5 Å². The highest BCUT2D eigenvalue weighted by Crippen LogP contribution is 2.44. The number of imidazole rings is 1. The van der Waals surface area contributed by atoms with Gasteiger partial charge < -0.3 is 10.5 Å². The van der Waals surface area contributed by atoms with Crippen LogP contribution in [0.3, 0.4) is 0 Å². The fourth-order valence-electron chi connectivity index (χ4n) is 3.74. The van der Waals surface area contributed by atoms with Gasteiger partial charge >= 0.3 is 0 Å². The second-order valence-corrected chi connectivity index (χ2v) is 8.60. The smallest absolute Gasteiger partial charge is 0.150 e. The van der Waals surface area contributed by atoms with Gasteiger partial charge in [-0.15, -0.1) is 0 Å². The SMILES string of the molecule is COc1c(C(C)c2nc(Br)c3c(N)nccn23)cc(Cl)c(C)c1-c1ccc(Cl)cc1. The lowest BCUT2D eigenvalue weighted by molar-refractivity contribution is 0.409. The molecule has 5 nitrogen and oxygen atoms in total. The van der Waals surface area contributed by atoms with Crippen molar-refractivity contribution in [2.45, 2.75) is 19.8 Å². The Hall–Kier alpha value is -2.28. The van der Waals surface area contributed by atoms with E-state index in [2.05, 4.69) is 27.8 Å². The lowest BCUT2D eigenvalue weighted by Gasteiger charge is -2.21. The number of nitrogens with zero attached hydrogens (tertiary/aromatic N) is 3. The molecule has 0 radical (unpaired) electrons. The Labute approximate surface area is 192 Å². The first-order chi connectivity index (χ1) is 14.3. The third-order valence-electron chi connectivity index (χ3n) is 5.26. The van der Waals surface area contributed by atoms with Crippen LogP contribution in [0.5, 0.6) is 5.75 Å². The van der Waals surface area contributed by atoms with E-state index in [1.165, 1.54) is 0 Å². The first-order valence-electron chi connectivity index (χ1n) is 9.24. The van der Waals surface area contributed by atoms with Crippen molar-refractivity contribution in [1.29, 1.82) is 0 Å². The number of rotatable bonds is 4. The molecule has 8 heteroatoms. The molecule has 154 valence electrons. The minimum absolute atomic E-state index is 0.135. The quantitative estimate of drug-likeness (QED) is 0.343. The lowest BCUT2D eigenvalue weighted by Crippen LogP contribution is -2.07. The number of hydrogen-bond donors (Lipinski definition) is 1. The molecule has 2 heterocycles. The highest BCUT2D eigenvalue weighted by Gasteiger charge is 2.25. The molecule has 4 aromatic rings. The number of nitrogens with two attached hydrogens (primary N) is 1. The zero-order valence-electron chi connectivity index (χ0n) is 16.6. The van der Waals surface area contributed by atoms with Crippen LogP contribution in [0.2, 0.25) is 10.0 Å². The summed E-state index contributed by atoms with van der Waals surface area (Å²) in [6, 6.07) is 9.58. The minimum atomic E-state index is -0.135. The molecule has 0 spiro atoms. The number of fused-ring (bicyclic) bond motifs is 1. The summed E-state index contributed by atoms with van der Waals surface area (Å²) in [6.45, 7) is 4.05. The molecule has 0 aliphatic rings. The van der Waals surface area contributed by atoms with Crippen LogP contribution in [0.15, 0.2) is 47.3 Å². The van der Waals surface area contributed by atoms with Gasteiger partial charge in [-0.25, -0.2) is 9.97 Å². The molecule has 1 unspecified atom stereocenters. The van der Waals surface area contributed by atoms with E-state index in [1.807, 2.05) is 47.9 Å². The van der Waals surface area contributed by atoms with Crippen LogP contribution in [0.25, 0.3) is 16.6 Å². The maximum atomic E-state index is 6.66. The summed E-state index contributed by atoms with van der Waals surface area (Å²) >= 11 is 16.3. The maximum Gasteiger partial charge on any atom is 0.150 e. The number of ether oxygens (including phenoxy) is 1. The molecule has 0 amide bonds. The third-order valence-corrected chi connectivity index (χ3v) is 6.46. The van der Waals surface area contributed by atoms with Gasteiger partial charge in [-0.3, -0.25) is 4.40 Å². The summed E-state index contributed by atoms with van der Waals surface area (Å²) < 4.78 is 8.49. The zero-order chi connectivity index (χ0) is 21.6. The standard InChI is InChI=1S/C22H19BrCl2N4O/c1-11(22-28-20(23)18-21(26)27-8-9-29(18)22)15-10-16(25)12(2)17(19(15)30-3)13-4-6-14(24)7-5-13/h4-11H,1-3H3,(H2,26,27). The molecule has 2 aromatic carbocycles. The van der Waals surface area contributed by atoms with Crippen LogP contribution < -0.4 is 10.5 Å². The average molecular weight is 506 g/mol.